The Morgan fingerprint density at radius 2 is 1.88 bits per heavy atom. The first kappa shape index (κ1) is 18.6. The Balaban J connectivity index is 2.11. The lowest BCUT2D eigenvalue weighted by molar-refractivity contribution is 0.213. The van der Waals surface area contributed by atoms with Crippen molar-refractivity contribution in [2.45, 2.75) is 34.3 Å². The van der Waals surface area contributed by atoms with Crippen LogP contribution in [0.2, 0.25) is 0 Å². The molecule has 5 nitrogen and oxygen atoms in total. The second-order valence-electron chi connectivity index (χ2n) is 5.72. The maximum absolute atomic E-state index is 6.04. The zero-order chi connectivity index (χ0) is 18.2. The van der Waals surface area contributed by atoms with Crippen LogP contribution in [0.25, 0.3) is 0 Å². The first-order valence-corrected chi connectivity index (χ1v) is 8.18. The molecule has 0 amide bonds. The molecule has 2 aromatic rings. The maximum Gasteiger partial charge on any atom is 0.125 e. The predicted octanol–water partition coefficient (Wildman–Crippen LogP) is 4.80. The lowest BCUT2D eigenvalue weighted by Crippen LogP contribution is -2.04. The molecule has 1 aromatic carbocycles. The van der Waals surface area contributed by atoms with Gasteiger partial charge in [0.05, 0.1) is 18.2 Å². The predicted molar refractivity (Wildman–Crippen MR) is 98.5 cm³/mol. The van der Waals surface area contributed by atoms with E-state index in [4.69, 9.17) is 18.7 Å². The second-order valence-corrected chi connectivity index (χ2v) is 5.72. The van der Waals surface area contributed by atoms with Crippen molar-refractivity contribution in [2.75, 3.05) is 13.7 Å². The molecule has 2 rings (SSSR count). The van der Waals surface area contributed by atoms with Crippen LogP contribution in [-0.4, -0.2) is 19.4 Å². The molecular formula is C20H25NO4. The van der Waals surface area contributed by atoms with Crippen molar-refractivity contribution in [1.82, 2.24) is 0 Å². The first-order chi connectivity index (χ1) is 12.1. The smallest absolute Gasteiger partial charge is 0.125 e. The van der Waals surface area contributed by atoms with Gasteiger partial charge in [-0.05, 0) is 51.0 Å². The number of rotatable bonds is 8. The molecule has 0 aliphatic rings. The van der Waals surface area contributed by atoms with Crippen molar-refractivity contribution in [3.63, 3.8) is 0 Å². The summed E-state index contributed by atoms with van der Waals surface area (Å²) in [6.45, 7) is 8.82. The molecule has 0 bridgehead atoms. The van der Waals surface area contributed by atoms with Crippen molar-refractivity contribution in [2.24, 2.45) is 5.16 Å². The monoisotopic (exact) mass is 343 g/mol. The van der Waals surface area contributed by atoms with E-state index in [0.717, 1.165) is 39.5 Å². The highest BCUT2D eigenvalue weighted by molar-refractivity contribution is 5.99. The van der Waals surface area contributed by atoms with Crippen LogP contribution in [0.5, 0.6) is 11.5 Å². The molecule has 134 valence electrons. The van der Waals surface area contributed by atoms with Crippen LogP contribution < -0.4 is 9.47 Å². The summed E-state index contributed by atoms with van der Waals surface area (Å²) in [5.41, 5.74) is 4.61. The molecule has 0 saturated heterocycles. The Bertz CT molecular complexity index is 736. The average Bonchev–Trinajstić information content (AvgIpc) is 3.03. The summed E-state index contributed by atoms with van der Waals surface area (Å²) in [7, 11) is 1.52. The van der Waals surface area contributed by atoms with Crippen LogP contribution >= 0.6 is 0 Å². The number of hydrogen-bond acceptors (Lipinski definition) is 5. The lowest BCUT2D eigenvalue weighted by atomic mass is 10.1. The van der Waals surface area contributed by atoms with Crippen molar-refractivity contribution in [3.05, 3.63) is 59.1 Å². The number of furan rings is 1. The van der Waals surface area contributed by atoms with E-state index in [1.807, 2.05) is 52.0 Å². The van der Waals surface area contributed by atoms with Gasteiger partial charge in [0.1, 0.15) is 31.8 Å². The number of nitrogens with zero attached hydrogens (tertiary/aromatic N) is 1. The molecule has 0 radical (unpaired) electrons. The third-order valence-corrected chi connectivity index (χ3v) is 3.75. The van der Waals surface area contributed by atoms with Crippen molar-refractivity contribution in [1.29, 1.82) is 0 Å². The Morgan fingerprint density at radius 3 is 2.52 bits per heavy atom. The highest BCUT2D eigenvalue weighted by Gasteiger charge is 2.12. The maximum atomic E-state index is 6.04. The fourth-order valence-electron chi connectivity index (χ4n) is 2.55. The van der Waals surface area contributed by atoms with E-state index in [2.05, 4.69) is 5.16 Å². The van der Waals surface area contributed by atoms with Crippen LogP contribution in [0.3, 0.4) is 0 Å². The lowest BCUT2D eigenvalue weighted by Gasteiger charge is -2.14. The van der Waals surface area contributed by atoms with E-state index in [1.54, 1.807) is 12.5 Å². The Kier molecular flexibility index (Phi) is 6.69. The number of oxime groups is 1. The van der Waals surface area contributed by atoms with Gasteiger partial charge in [0.15, 0.2) is 0 Å². The van der Waals surface area contributed by atoms with E-state index >= 15 is 0 Å². The van der Waals surface area contributed by atoms with E-state index in [0.29, 0.717) is 13.2 Å². The third-order valence-electron chi connectivity index (χ3n) is 3.75. The average molecular weight is 343 g/mol. The van der Waals surface area contributed by atoms with Crippen LogP contribution in [0.15, 0.2) is 46.4 Å². The van der Waals surface area contributed by atoms with Gasteiger partial charge < -0.3 is 18.7 Å². The summed E-state index contributed by atoms with van der Waals surface area (Å²) in [5.74, 6) is 1.69. The van der Waals surface area contributed by atoms with Crippen molar-refractivity contribution < 1.29 is 18.7 Å². The normalized spacial score (nSPS) is 11.8. The molecule has 0 aliphatic heterocycles. The van der Waals surface area contributed by atoms with Gasteiger partial charge >= 0.3 is 0 Å². The number of benzene rings is 1. The molecular weight excluding hydrogens is 318 g/mol. The highest BCUT2D eigenvalue weighted by Crippen LogP contribution is 2.29. The molecule has 0 unspecified atom stereocenters. The van der Waals surface area contributed by atoms with E-state index in [9.17, 15) is 0 Å². The molecule has 0 aliphatic carbocycles. The molecule has 0 spiro atoms. The first-order valence-electron chi connectivity index (χ1n) is 8.18. The molecule has 0 fully saturated rings. The molecule has 1 heterocycles. The van der Waals surface area contributed by atoms with Gasteiger partial charge in [-0.1, -0.05) is 17.3 Å². The van der Waals surface area contributed by atoms with Gasteiger partial charge in [-0.3, -0.25) is 0 Å². The van der Waals surface area contributed by atoms with Gasteiger partial charge in [-0.25, -0.2) is 0 Å². The minimum Gasteiger partial charge on any atom is -0.490 e. The van der Waals surface area contributed by atoms with Crippen LogP contribution in [0.4, 0.5) is 0 Å². The van der Waals surface area contributed by atoms with E-state index in [-0.39, 0.29) is 0 Å². The summed E-state index contributed by atoms with van der Waals surface area (Å²) in [4.78, 5) is 4.82. The fraction of sp³-hybridized carbons (Fsp3) is 0.350. The Labute approximate surface area is 148 Å². The molecule has 1 aromatic heterocycles. The van der Waals surface area contributed by atoms with Crippen LogP contribution in [0.1, 0.15) is 36.1 Å². The standard InChI is InChI=1S/C20H25NO4/c1-6-7-8-24-18-9-14(2)20(15(3)10-18)25-12-17-11-23-13-19(17)16(4)21-22-5/h6-7,9-11,13H,8,12H2,1-5H3/b7-6+,21-16+. The number of ether oxygens (including phenoxy) is 2. The third kappa shape index (κ3) is 4.89. The molecule has 5 heteroatoms. The quantitative estimate of drug-likeness (QED) is 0.392. The highest BCUT2D eigenvalue weighted by atomic mass is 16.6. The van der Waals surface area contributed by atoms with E-state index < -0.39 is 0 Å². The number of hydrogen-bond donors (Lipinski definition) is 0. The van der Waals surface area contributed by atoms with Crippen LogP contribution in [0, 0.1) is 13.8 Å². The number of allylic oxidation sites excluding steroid dienone is 1. The summed E-state index contributed by atoms with van der Waals surface area (Å²) in [6.07, 6.45) is 7.26. The van der Waals surface area contributed by atoms with Gasteiger partial charge in [0, 0.05) is 11.1 Å². The molecule has 25 heavy (non-hydrogen) atoms. The van der Waals surface area contributed by atoms with Crippen molar-refractivity contribution in [3.8, 4) is 11.5 Å². The van der Waals surface area contributed by atoms with E-state index in [1.165, 1.54) is 7.11 Å². The van der Waals surface area contributed by atoms with Gasteiger partial charge in [-0.2, -0.15) is 0 Å². The Hall–Kier alpha value is -2.69. The topological polar surface area (TPSA) is 53.2 Å². The molecule has 0 N–H and O–H groups in total. The summed E-state index contributed by atoms with van der Waals surface area (Å²) < 4.78 is 17.0. The van der Waals surface area contributed by atoms with Gasteiger partial charge in [0.2, 0.25) is 0 Å². The summed E-state index contributed by atoms with van der Waals surface area (Å²) in [5, 5.41) is 3.94. The van der Waals surface area contributed by atoms with Crippen molar-refractivity contribution >= 4 is 5.71 Å². The fourth-order valence-corrected chi connectivity index (χ4v) is 2.55. The number of aryl methyl sites for hydroxylation is 2. The second kappa shape index (κ2) is 8.97. The SMILES string of the molecule is C/C=C/COc1cc(C)c(OCc2cocc2/C(C)=N/OC)c(C)c1. The zero-order valence-corrected chi connectivity index (χ0v) is 15.5. The Morgan fingerprint density at radius 1 is 1.16 bits per heavy atom. The minimum absolute atomic E-state index is 0.392. The zero-order valence-electron chi connectivity index (χ0n) is 15.5. The largest absolute Gasteiger partial charge is 0.490 e. The summed E-state index contributed by atoms with van der Waals surface area (Å²) in [6, 6.07) is 3.97. The molecule has 0 atom stereocenters. The van der Waals surface area contributed by atoms with Gasteiger partial charge in [-0.15, -0.1) is 0 Å². The summed E-state index contributed by atoms with van der Waals surface area (Å²) >= 11 is 0. The minimum atomic E-state index is 0.392. The van der Waals surface area contributed by atoms with Crippen LogP contribution in [-0.2, 0) is 11.4 Å². The molecule has 0 saturated carbocycles. The van der Waals surface area contributed by atoms with Gasteiger partial charge in [0.25, 0.3) is 0 Å².